The minimum absolute atomic E-state index is 0.0938. The summed E-state index contributed by atoms with van der Waals surface area (Å²) in [5, 5.41) is 9.78. The number of carboxylic acids is 1. The molecule has 0 saturated heterocycles. The number of amides is 1. The summed E-state index contributed by atoms with van der Waals surface area (Å²) in [4.78, 5) is 26.4. The molecule has 0 fully saturated rings. The third kappa shape index (κ3) is 3.11. The molecule has 0 spiro atoms. The zero-order valence-electron chi connectivity index (χ0n) is 17.9. The number of aryl methyl sites for hydroxylation is 1. The number of ether oxygens (including phenoxy) is 2. The Hall–Kier alpha value is -3.80. The number of methoxy groups -OCH3 is 1. The topological polar surface area (TPSA) is 76.1 Å². The number of hydrogen-bond donors (Lipinski definition) is 1. The number of benzene rings is 3. The van der Waals surface area contributed by atoms with Crippen LogP contribution in [0.2, 0.25) is 0 Å². The van der Waals surface area contributed by atoms with Gasteiger partial charge in [-0.05, 0) is 46.4 Å². The van der Waals surface area contributed by atoms with Gasteiger partial charge in [-0.25, -0.2) is 9.59 Å². The van der Waals surface area contributed by atoms with Crippen molar-refractivity contribution in [1.82, 2.24) is 0 Å². The number of carbonyl (C=O) groups excluding carboxylic acids is 1. The van der Waals surface area contributed by atoms with E-state index in [4.69, 9.17) is 9.47 Å². The number of carbonyl (C=O) groups is 2. The van der Waals surface area contributed by atoms with Crippen molar-refractivity contribution in [1.29, 1.82) is 0 Å². The molecule has 5 rings (SSSR count). The standard InChI is InChI=1S/C26H23NO5/c1-15-11-16(31-2)12-23-21(15)13-24(25(28)29)27(23)26(30)32-14-22-19-9-5-3-7-17(19)18-8-4-6-10-20(18)22/h3-12,22,24H,13-14H2,1-2H3,(H,28,29). The minimum atomic E-state index is -1.06. The first-order valence-corrected chi connectivity index (χ1v) is 10.5. The SMILES string of the molecule is COc1cc(C)c2c(c1)N(C(=O)OCC1c3ccccc3-c3ccccc31)C(C(=O)O)C2. The van der Waals surface area contributed by atoms with Crippen molar-refractivity contribution in [2.45, 2.75) is 25.3 Å². The fourth-order valence-electron chi connectivity index (χ4n) is 4.90. The number of aliphatic carboxylic acids is 1. The molecule has 0 saturated carbocycles. The summed E-state index contributed by atoms with van der Waals surface area (Å²) < 4.78 is 11.1. The van der Waals surface area contributed by atoms with Gasteiger partial charge in [0.1, 0.15) is 18.4 Å². The molecule has 0 bridgehead atoms. The molecule has 1 aliphatic heterocycles. The summed E-state index contributed by atoms with van der Waals surface area (Å²) in [5.74, 6) is -0.583. The number of anilines is 1. The lowest BCUT2D eigenvalue weighted by molar-refractivity contribution is -0.138. The fraction of sp³-hybridized carbons (Fsp3) is 0.231. The van der Waals surface area contributed by atoms with Crippen molar-refractivity contribution in [3.05, 3.63) is 82.9 Å². The first kappa shape index (κ1) is 20.1. The molecule has 1 unspecified atom stereocenters. The van der Waals surface area contributed by atoms with Gasteiger partial charge in [0.15, 0.2) is 0 Å². The van der Waals surface area contributed by atoms with Crippen molar-refractivity contribution in [2.75, 3.05) is 18.6 Å². The van der Waals surface area contributed by atoms with Gasteiger partial charge in [-0.1, -0.05) is 48.5 Å². The summed E-state index contributed by atoms with van der Waals surface area (Å²) in [7, 11) is 1.54. The van der Waals surface area contributed by atoms with Crippen LogP contribution in [0.25, 0.3) is 11.1 Å². The van der Waals surface area contributed by atoms with Crippen LogP contribution in [0.15, 0.2) is 60.7 Å². The van der Waals surface area contributed by atoms with E-state index in [1.54, 1.807) is 13.2 Å². The summed E-state index contributed by atoms with van der Waals surface area (Å²) in [6.45, 7) is 2.02. The third-order valence-electron chi connectivity index (χ3n) is 6.45. The van der Waals surface area contributed by atoms with E-state index in [9.17, 15) is 14.7 Å². The third-order valence-corrected chi connectivity index (χ3v) is 6.45. The summed E-state index contributed by atoms with van der Waals surface area (Å²) in [6, 6.07) is 18.7. The molecule has 3 aromatic rings. The van der Waals surface area contributed by atoms with Crippen LogP contribution >= 0.6 is 0 Å². The molecule has 2 aliphatic rings. The quantitative estimate of drug-likeness (QED) is 0.647. The molecule has 1 aliphatic carbocycles. The highest BCUT2D eigenvalue weighted by atomic mass is 16.6. The molecule has 0 radical (unpaired) electrons. The lowest BCUT2D eigenvalue weighted by Gasteiger charge is -2.24. The lowest BCUT2D eigenvalue weighted by Crippen LogP contribution is -2.43. The van der Waals surface area contributed by atoms with Crippen LogP contribution in [0.4, 0.5) is 10.5 Å². The Labute approximate surface area is 186 Å². The maximum absolute atomic E-state index is 13.2. The van der Waals surface area contributed by atoms with E-state index in [0.29, 0.717) is 11.4 Å². The van der Waals surface area contributed by atoms with Crippen molar-refractivity contribution in [3.63, 3.8) is 0 Å². The average molecular weight is 429 g/mol. The maximum atomic E-state index is 13.2. The Kier molecular flexibility index (Phi) is 4.85. The van der Waals surface area contributed by atoms with Crippen molar-refractivity contribution in [3.8, 4) is 16.9 Å². The Bertz CT molecular complexity index is 1190. The molecular formula is C26H23NO5. The van der Waals surface area contributed by atoms with E-state index in [0.717, 1.165) is 33.4 Å². The first-order valence-electron chi connectivity index (χ1n) is 10.5. The van der Waals surface area contributed by atoms with Crippen LogP contribution < -0.4 is 9.64 Å². The monoisotopic (exact) mass is 429 g/mol. The van der Waals surface area contributed by atoms with Crippen molar-refractivity contribution < 1.29 is 24.2 Å². The van der Waals surface area contributed by atoms with Gasteiger partial charge in [0.2, 0.25) is 0 Å². The second-order valence-electron chi connectivity index (χ2n) is 8.17. The summed E-state index contributed by atoms with van der Waals surface area (Å²) in [5.41, 5.74) is 6.74. The fourth-order valence-corrected chi connectivity index (χ4v) is 4.90. The average Bonchev–Trinajstić information content (AvgIpc) is 3.34. The Morgan fingerprint density at radius 1 is 1.03 bits per heavy atom. The van der Waals surface area contributed by atoms with Crippen LogP contribution in [-0.4, -0.2) is 36.9 Å². The molecule has 3 aromatic carbocycles. The zero-order valence-corrected chi connectivity index (χ0v) is 17.9. The van der Waals surface area contributed by atoms with E-state index >= 15 is 0 Å². The van der Waals surface area contributed by atoms with E-state index in [1.807, 2.05) is 49.4 Å². The van der Waals surface area contributed by atoms with Crippen LogP contribution in [0, 0.1) is 6.92 Å². The van der Waals surface area contributed by atoms with Gasteiger partial charge in [0.05, 0.1) is 12.8 Å². The highest BCUT2D eigenvalue weighted by Gasteiger charge is 2.41. The van der Waals surface area contributed by atoms with Crippen LogP contribution in [0.5, 0.6) is 5.75 Å². The van der Waals surface area contributed by atoms with Crippen molar-refractivity contribution >= 4 is 17.7 Å². The highest BCUT2D eigenvalue weighted by molar-refractivity contribution is 5.99. The first-order chi connectivity index (χ1) is 15.5. The van der Waals surface area contributed by atoms with Crippen LogP contribution in [0.1, 0.15) is 28.2 Å². The molecule has 1 heterocycles. The number of carboxylic acid groups (broad SMARTS) is 1. The second kappa shape index (κ2) is 7.71. The second-order valence-corrected chi connectivity index (χ2v) is 8.17. The highest BCUT2D eigenvalue weighted by Crippen LogP contribution is 2.45. The van der Waals surface area contributed by atoms with Crippen LogP contribution in [0.3, 0.4) is 0 Å². The number of rotatable bonds is 4. The number of fused-ring (bicyclic) bond motifs is 4. The van der Waals surface area contributed by atoms with Crippen molar-refractivity contribution in [2.24, 2.45) is 0 Å². The largest absolute Gasteiger partial charge is 0.497 e. The van der Waals surface area contributed by atoms with Gasteiger partial charge in [-0.15, -0.1) is 0 Å². The predicted octanol–water partition coefficient (Wildman–Crippen LogP) is 4.77. The Morgan fingerprint density at radius 2 is 1.66 bits per heavy atom. The minimum Gasteiger partial charge on any atom is -0.497 e. The zero-order chi connectivity index (χ0) is 22.4. The number of nitrogens with zero attached hydrogens (tertiary/aromatic N) is 1. The molecule has 32 heavy (non-hydrogen) atoms. The van der Waals surface area contributed by atoms with E-state index in [1.165, 1.54) is 4.90 Å². The van der Waals surface area contributed by atoms with Gasteiger partial charge in [-0.3, -0.25) is 4.90 Å². The molecule has 162 valence electrons. The lowest BCUT2D eigenvalue weighted by atomic mass is 9.98. The normalized spacial score (nSPS) is 16.3. The smallest absolute Gasteiger partial charge is 0.415 e. The summed E-state index contributed by atoms with van der Waals surface area (Å²) in [6.07, 6.45) is -0.421. The van der Waals surface area contributed by atoms with E-state index < -0.39 is 18.1 Å². The van der Waals surface area contributed by atoms with Gasteiger partial charge in [-0.2, -0.15) is 0 Å². The van der Waals surface area contributed by atoms with Gasteiger partial charge < -0.3 is 14.6 Å². The summed E-state index contributed by atoms with van der Waals surface area (Å²) >= 11 is 0. The van der Waals surface area contributed by atoms with E-state index in [2.05, 4.69) is 12.1 Å². The molecule has 6 nitrogen and oxygen atoms in total. The molecule has 1 amide bonds. The molecule has 1 N–H and O–H groups in total. The number of hydrogen-bond acceptors (Lipinski definition) is 4. The predicted molar refractivity (Wildman–Crippen MR) is 120 cm³/mol. The molecule has 0 aromatic heterocycles. The van der Waals surface area contributed by atoms with Gasteiger partial charge in [0.25, 0.3) is 0 Å². The van der Waals surface area contributed by atoms with E-state index in [-0.39, 0.29) is 18.9 Å². The maximum Gasteiger partial charge on any atom is 0.415 e. The Morgan fingerprint density at radius 3 is 2.25 bits per heavy atom. The molecular weight excluding hydrogens is 406 g/mol. The van der Waals surface area contributed by atoms with Crippen LogP contribution in [-0.2, 0) is 16.0 Å². The molecule has 6 heteroatoms. The van der Waals surface area contributed by atoms with Gasteiger partial charge >= 0.3 is 12.1 Å². The Balaban J connectivity index is 1.45. The molecule has 1 atom stereocenters. The van der Waals surface area contributed by atoms with Gasteiger partial charge in [0, 0.05) is 18.4 Å².